The number of nitrogens with zero attached hydrogens (tertiary/aromatic N) is 1. The fraction of sp³-hybridized carbons (Fsp3) is 0.611. The van der Waals surface area contributed by atoms with Crippen molar-refractivity contribution >= 4 is 33.2 Å². The number of sulfonamides is 1. The van der Waals surface area contributed by atoms with Gasteiger partial charge in [-0.1, -0.05) is 44.2 Å². The second-order valence-electron chi connectivity index (χ2n) is 6.66. The van der Waals surface area contributed by atoms with Crippen LogP contribution in [0.5, 0.6) is 0 Å². The predicted molar refractivity (Wildman–Crippen MR) is 102 cm³/mol. The minimum Gasteiger partial charge on any atom is -0.352 e. The summed E-state index contributed by atoms with van der Waals surface area (Å²) < 4.78 is 26.0. The zero-order chi connectivity index (χ0) is 18.4. The Morgan fingerprint density at radius 1 is 1.20 bits per heavy atom. The maximum atomic E-state index is 12.8. The van der Waals surface area contributed by atoms with Crippen molar-refractivity contribution in [2.24, 2.45) is 0 Å². The summed E-state index contributed by atoms with van der Waals surface area (Å²) in [6.07, 6.45) is 8.05. The molecular weight excluding hydrogens is 360 g/mol. The number of anilines is 1. The van der Waals surface area contributed by atoms with Crippen molar-refractivity contribution in [3.05, 3.63) is 29.3 Å². The summed E-state index contributed by atoms with van der Waals surface area (Å²) in [4.78, 5) is 12.8. The van der Waals surface area contributed by atoms with E-state index in [1.54, 1.807) is 24.3 Å². The van der Waals surface area contributed by atoms with Gasteiger partial charge in [0.2, 0.25) is 15.9 Å². The van der Waals surface area contributed by atoms with Crippen molar-refractivity contribution < 1.29 is 13.2 Å². The molecular formula is C18H27ClN2O3S. The van der Waals surface area contributed by atoms with Gasteiger partial charge in [-0.05, 0) is 43.5 Å². The van der Waals surface area contributed by atoms with Crippen LogP contribution in [-0.2, 0) is 14.8 Å². The van der Waals surface area contributed by atoms with Crippen LogP contribution < -0.4 is 9.62 Å². The first-order valence-corrected chi connectivity index (χ1v) is 11.1. The predicted octanol–water partition coefficient (Wildman–Crippen LogP) is 3.72. The van der Waals surface area contributed by atoms with Gasteiger partial charge in [0.15, 0.2) is 0 Å². The van der Waals surface area contributed by atoms with Crippen LogP contribution >= 0.6 is 11.6 Å². The Hall–Kier alpha value is -1.27. The Bertz CT molecular complexity index is 668. The molecule has 0 aliphatic heterocycles. The maximum Gasteiger partial charge on any atom is 0.244 e. The Morgan fingerprint density at radius 2 is 1.76 bits per heavy atom. The molecule has 1 atom stereocenters. The summed E-state index contributed by atoms with van der Waals surface area (Å²) in [6.45, 7) is 1.82. The fourth-order valence-corrected chi connectivity index (χ4v) is 4.71. The second kappa shape index (κ2) is 8.90. The molecule has 0 heterocycles. The number of hydrogen-bond acceptors (Lipinski definition) is 3. The number of hydrogen-bond donors (Lipinski definition) is 1. The van der Waals surface area contributed by atoms with Gasteiger partial charge >= 0.3 is 0 Å². The Kier molecular flexibility index (Phi) is 7.14. The van der Waals surface area contributed by atoms with Gasteiger partial charge in [0.25, 0.3) is 0 Å². The standard InChI is InChI=1S/C18H27ClN2O3S/c1-3-17(18(22)20-15-8-6-4-5-7-9-15)21(25(2,23)24)16-12-10-14(19)11-13-16/h10-13,15,17H,3-9H2,1-2H3,(H,20,22). The molecule has 5 nitrogen and oxygen atoms in total. The van der Waals surface area contributed by atoms with Crippen LogP contribution in [0, 0.1) is 0 Å². The van der Waals surface area contributed by atoms with Gasteiger partial charge in [-0.3, -0.25) is 9.10 Å². The quantitative estimate of drug-likeness (QED) is 0.757. The summed E-state index contributed by atoms with van der Waals surface area (Å²) in [5.74, 6) is -0.227. The van der Waals surface area contributed by atoms with E-state index in [9.17, 15) is 13.2 Å². The number of carbonyl (C=O) groups is 1. The van der Waals surface area contributed by atoms with E-state index >= 15 is 0 Å². The lowest BCUT2D eigenvalue weighted by Crippen LogP contribution is -2.51. The van der Waals surface area contributed by atoms with Crippen LogP contribution in [0.15, 0.2) is 24.3 Å². The monoisotopic (exact) mass is 386 g/mol. The van der Waals surface area contributed by atoms with Crippen molar-refractivity contribution in [3.8, 4) is 0 Å². The first kappa shape index (κ1) is 20.0. The van der Waals surface area contributed by atoms with Crippen LogP contribution in [0.4, 0.5) is 5.69 Å². The van der Waals surface area contributed by atoms with E-state index in [-0.39, 0.29) is 11.9 Å². The topological polar surface area (TPSA) is 66.5 Å². The number of carbonyl (C=O) groups excluding carboxylic acids is 1. The summed E-state index contributed by atoms with van der Waals surface area (Å²) in [5.41, 5.74) is 0.453. The molecule has 1 unspecified atom stereocenters. The highest BCUT2D eigenvalue weighted by atomic mass is 35.5. The number of rotatable bonds is 6. The van der Waals surface area contributed by atoms with Crippen molar-refractivity contribution in [1.29, 1.82) is 0 Å². The molecule has 2 rings (SSSR count). The van der Waals surface area contributed by atoms with E-state index in [1.165, 1.54) is 17.1 Å². The van der Waals surface area contributed by atoms with Crippen molar-refractivity contribution in [3.63, 3.8) is 0 Å². The van der Waals surface area contributed by atoms with E-state index in [2.05, 4.69) is 5.32 Å². The molecule has 1 N–H and O–H groups in total. The Balaban J connectivity index is 2.23. The molecule has 1 aliphatic carbocycles. The fourth-order valence-electron chi connectivity index (χ4n) is 3.37. The molecule has 1 amide bonds. The Labute approximate surface area is 155 Å². The number of nitrogens with one attached hydrogen (secondary N) is 1. The highest BCUT2D eigenvalue weighted by Gasteiger charge is 2.32. The molecule has 0 bridgehead atoms. The lowest BCUT2D eigenvalue weighted by Gasteiger charge is -2.31. The zero-order valence-electron chi connectivity index (χ0n) is 14.9. The molecule has 1 aliphatic rings. The van der Waals surface area contributed by atoms with Crippen LogP contribution in [0.25, 0.3) is 0 Å². The van der Waals surface area contributed by atoms with Gasteiger partial charge in [0, 0.05) is 11.1 Å². The third kappa shape index (κ3) is 5.61. The van der Waals surface area contributed by atoms with Gasteiger partial charge < -0.3 is 5.32 Å². The lowest BCUT2D eigenvalue weighted by atomic mass is 10.1. The normalized spacial score (nSPS) is 17.6. The van der Waals surface area contributed by atoms with Gasteiger partial charge in [0.1, 0.15) is 6.04 Å². The molecule has 7 heteroatoms. The zero-order valence-corrected chi connectivity index (χ0v) is 16.4. The first-order chi connectivity index (χ1) is 11.8. The van der Waals surface area contributed by atoms with E-state index < -0.39 is 16.1 Å². The smallest absolute Gasteiger partial charge is 0.244 e. The number of benzene rings is 1. The molecule has 140 valence electrons. The van der Waals surface area contributed by atoms with Crippen LogP contribution in [0.2, 0.25) is 5.02 Å². The molecule has 1 aromatic carbocycles. The molecule has 1 fully saturated rings. The lowest BCUT2D eigenvalue weighted by molar-refractivity contribution is -0.123. The average molecular weight is 387 g/mol. The maximum absolute atomic E-state index is 12.8. The summed E-state index contributed by atoms with van der Waals surface area (Å²) in [5, 5.41) is 3.59. The van der Waals surface area contributed by atoms with E-state index in [4.69, 9.17) is 11.6 Å². The molecule has 0 aromatic heterocycles. The van der Waals surface area contributed by atoms with Gasteiger partial charge in [-0.25, -0.2) is 8.42 Å². The van der Waals surface area contributed by atoms with Crippen LogP contribution in [0.1, 0.15) is 51.9 Å². The third-order valence-electron chi connectivity index (χ3n) is 4.61. The molecule has 0 saturated heterocycles. The average Bonchev–Trinajstić information content (AvgIpc) is 2.81. The largest absolute Gasteiger partial charge is 0.352 e. The first-order valence-electron chi connectivity index (χ1n) is 8.88. The molecule has 0 radical (unpaired) electrons. The third-order valence-corrected chi connectivity index (χ3v) is 6.04. The highest BCUT2D eigenvalue weighted by molar-refractivity contribution is 7.92. The molecule has 1 aromatic rings. The molecule has 1 saturated carbocycles. The molecule has 25 heavy (non-hydrogen) atoms. The van der Waals surface area contributed by atoms with Crippen molar-refractivity contribution in [2.75, 3.05) is 10.6 Å². The van der Waals surface area contributed by atoms with Crippen molar-refractivity contribution in [1.82, 2.24) is 5.32 Å². The van der Waals surface area contributed by atoms with Gasteiger partial charge in [-0.2, -0.15) is 0 Å². The highest BCUT2D eigenvalue weighted by Crippen LogP contribution is 2.25. The van der Waals surface area contributed by atoms with Crippen molar-refractivity contribution in [2.45, 2.75) is 64.0 Å². The van der Waals surface area contributed by atoms with Gasteiger partial charge in [0.05, 0.1) is 11.9 Å². The summed E-state index contributed by atoms with van der Waals surface area (Å²) in [7, 11) is -3.61. The summed E-state index contributed by atoms with van der Waals surface area (Å²) >= 11 is 5.90. The minimum atomic E-state index is -3.61. The van der Waals surface area contributed by atoms with E-state index in [0.717, 1.165) is 31.9 Å². The van der Waals surface area contributed by atoms with Crippen LogP contribution in [-0.4, -0.2) is 32.7 Å². The minimum absolute atomic E-state index is 0.135. The van der Waals surface area contributed by atoms with Gasteiger partial charge in [-0.15, -0.1) is 0 Å². The van der Waals surface area contributed by atoms with E-state index in [0.29, 0.717) is 17.1 Å². The summed E-state index contributed by atoms with van der Waals surface area (Å²) in [6, 6.07) is 5.89. The van der Waals surface area contributed by atoms with E-state index in [1.807, 2.05) is 6.92 Å². The van der Waals surface area contributed by atoms with Crippen LogP contribution in [0.3, 0.4) is 0 Å². The second-order valence-corrected chi connectivity index (χ2v) is 8.95. The SMILES string of the molecule is CCC(C(=O)NC1CCCCCC1)N(c1ccc(Cl)cc1)S(C)(=O)=O. The molecule has 0 spiro atoms. The number of halogens is 1. The Morgan fingerprint density at radius 3 is 2.24 bits per heavy atom. The number of amides is 1.